The van der Waals surface area contributed by atoms with E-state index in [1.54, 1.807) is 6.07 Å². The maximum Gasteiger partial charge on any atom is 0.358 e. The summed E-state index contributed by atoms with van der Waals surface area (Å²) in [7, 11) is 0. The van der Waals surface area contributed by atoms with Gasteiger partial charge in [0.1, 0.15) is 6.54 Å². The second-order valence-electron chi connectivity index (χ2n) is 3.67. The zero-order valence-corrected chi connectivity index (χ0v) is 11.7. The van der Waals surface area contributed by atoms with Crippen molar-refractivity contribution in [3.63, 3.8) is 0 Å². The monoisotopic (exact) mass is 372 g/mol. The minimum absolute atomic E-state index is 0.0915. The number of aromatic carboxylic acids is 1. The molecule has 7 nitrogen and oxygen atoms in total. The summed E-state index contributed by atoms with van der Waals surface area (Å²) in [6.07, 6.45) is 1.21. The maximum atomic E-state index is 11.7. The van der Waals surface area contributed by atoms with Crippen LogP contribution in [0.3, 0.4) is 0 Å². The van der Waals surface area contributed by atoms with Crippen LogP contribution in [-0.2, 0) is 11.3 Å². The SMILES string of the molecule is O=C(Cn1cc(C(=O)O)nn1)Nc1cccc(I)c1. The predicted octanol–water partition coefficient (Wildman–Crippen LogP) is 1.22. The second kappa shape index (κ2) is 5.78. The molecule has 1 heterocycles. The highest BCUT2D eigenvalue weighted by Gasteiger charge is 2.10. The molecule has 0 aliphatic carbocycles. The summed E-state index contributed by atoms with van der Waals surface area (Å²) in [5.41, 5.74) is 0.484. The summed E-state index contributed by atoms with van der Waals surface area (Å²) in [4.78, 5) is 22.3. The van der Waals surface area contributed by atoms with Gasteiger partial charge in [0.25, 0.3) is 0 Å². The van der Waals surface area contributed by atoms with E-state index in [0.29, 0.717) is 5.69 Å². The van der Waals surface area contributed by atoms with Gasteiger partial charge in [-0.1, -0.05) is 11.3 Å². The molecule has 1 amide bonds. The predicted molar refractivity (Wildman–Crippen MR) is 74.8 cm³/mol. The van der Waals surface area contributed by atoms with Crippen LogP contribution in [0.2, 0.25) is 0 Å². The average molecular weight is 372 g/mol. The van der Waals surface area contributed by atoms with Gasteiger partial charge in [-0.2, -0.15) is 0 Å². The standard InChI is InChI=1S/C11H9IN4O3/c12-7-2-1-3-8(4-7)13-10(17)6-16-5-9(11(18)19)14-15-16/h1-5H,6H2,(H,13,17)(H,18,19). The summed E-state index contributed by atoms with van der Waals surface area (Å²) in [6, 6.07) is 7.33. The third-order valence-electron chi connectivity index (χ3n) is 2.17. The van der Waals surface area contributed by atoms with Gasteiger partial charge in [0.05, 0.1) is 6.20 Å². The first-order valence-electron chi connectivity index (χ1n) is 5.23. The number of nitrogens with zero attached hydrogens (tertiary/aromatic N) is 3. The van der Waals surface area contributed by atoms with Gasteiger partial charge in [0.15, 0.2) is 5.69 Å². The van der Waals surface area contributed by atoms with E-state index in [2.05, 4.69) is 38.2 Å². The lowest BCUT2D eigenvalue weighted by atomic mass is 10.3. The molecule has 0 atom stereocenters. The molecule has 0 radical (unpaired) electrons. The van der Waals surface area contributed by atoms with E-state index in [1.807, 2.05) is 18.2 Å². The number of hydrogen-bond donors (Lipinski definition) is 2. The molecular formula is C11H9IN4O3. The number of anilines is 1. The Hall–Kier alpha value is -1.97. The Morgan fingerprint density at radius 2 is 2.21 bits per heavy atom. The molecule has 0 spiro atoms. The van der Waals surface area contributed by atoms with Gasteiger partial charge in [0.2, 0.25) is 5.91 Å². The molecule has 0 fully saturated rings. The van der Waals surface area contributed by atoms with Crippen LogP contribution in [0.15, 0.2) is 30.5 Å². The Kier molecular flexibility index (Phi) is 4.10. The molecule has 0 aliphatic heterocycles. The molecule has 0 saturated heterocycles. The maximum absolute atomic E-state index is 11.7. The van der Waals surface area contributed by atoms with Gasteiger partial charge >= 0.3 is 5.97 Å². The van der Waals surface area contributed by atoms with Crippen molar-refractivity contribution in [2.24, 2.45) is 0 Å². The van der Waals surface area contributed by atoms with Crippen LogP contribution in [0.4, 0.5) is 5.69 Å². The smallest absolute Gasteiger partial charge is 0.358 e. The molecule has 0 unspecified atom stereocenters. The van der Waals surface area contributed by atoms with Crippen LogP contribution in [0.25, 0.3) is 0 Å². The Bertz CT molecular complexity index is 626. The van der Waals surface area contributed by atoms with Gasteiger partial charge in [-0.3, -0.25) is 4.79 Å². The van der Waals surface area contributed by atoms with E-state index < -0.39 is 5.97 Å². The molecule has 0 saturated carbocycles. The Balaban J connectivity index is 1.99. The highest BCUT2D eigenvalue weighted by Crippen LogP contribution is 2.12. The number of aromatic nitrogens is 3. The van der Waals surface area contributed by atoms with Crippen LogP contribution < -0.4 is 5.32 Å². The number of carboxylic acids is 1. The third kappa shape index (κ3) is 3.74. The van der Waals surface area contributed by atoms with Gasteiger partial charge in [-0.05, 0) is 40.8 Å². The fraction of sp³-hybridized carbons (Fsp3) is 0.0909. The zero-order chi connectivity index (χ0) is 13.8. The van der Waals surface area contributed by atoms with Crippen LogP contribution in [0.5, 0.6) is 0 Å². The molecule has 1 aromatic heterocycles. The number of halogens is 1. The fourth-order valence-corrected chi connectivity index (χ4v) is 1.93. The van der Waals surface area contributed by atoms with Crippen molar-refractivity contribution in [2.75, 3.05) is 5.32 Å². The topological polar surface area (TPSA) is 97.1 Å². The second-order valence-corrected chi connectivity index (χ2v) is 4.91. The number of rotatable bonds is 4. The van der Waals surface area contributed by atoms with Crippen molar-refractivity contribution in [2.45, 2.75) is 6.54 Å². The fourth-order valence-electron chi connectivity index (χ4n) is 1.39. The Morgan fingerprint density at radius 1 is 1.42 bits per heavy atom. The van der Waals surface area contributed by atoms with Crippen LogP contribution in [0.1, 0.15) is 10.5 Å². The summed E-state index contributed by atoms with van der Waals surface area (Å²) in [5, 5.41) is 18.4. The van der Waals surface area contributed by atoms with Crippen molar-refractivity contribution >= 4 is 40.2 Å². The zero-order valence-electron chi connectivity index (χ0n) is 9.58. The van der Waals surface area contributed by atoms with E-state index in [1.165, 1.54) is 10.9 Å². The first kappa shape index (κ1) is 13.5. The minimum atomic E-state index is -1.18. The van der Waals surface area contributed by atoms with Crippen molar-refractivity contribution in [3.8, 4) is 0 Å². The number of amides is 1. The van der Waals surface area contributed by atoms with Crippen LogP contribution in [0, 0.1) is 3.57 Å². The van der Waals surface area contributed by atoms with E-state index >= 15 is 0 Å². The Morgan fingerprint density at radius 3 is 2.84 bits per heavy atom. The first-order valence-corrected chi connectivity index (χ1v) is 6.31. The van der Waals surface area contributed by atoms with Gasteiger partial charge in [0, 0.05) is 9.26 Å². The summed E-state index contributed by atoms with van der Waals surface area (Å²) < 4.78 is 2.18. The van der Waals surface area contributed by atoms with Gasteiger partial charge < -0.3 is 10.4 Å². The van der Waals surface area contributed by atoms with Gasteiger partial charge in [-0.25, -0.2) is 9.48 Å². The molecule has 1 aromatic carbocycles. The van der Waals surface area contributed by atoms with E-state index in [4.69, 9.17) is 5.11 Å². The number of carboxylic acid groups (broad SMARTS) is 1. The van der Waals surface area contributed by atoms with E-state index in [-0.39, 0.29) is 18.1 Å². The van der Waals surface area contributed by atoms with Gasteiger partial charge in [-0.15, -0.1) is 5.10 Å². The summed E-state index contributed by atoms with van der Waals surface area (Å²) >= 11 is 2.14. The highest BCUT2D eigenvalue weighted by molar-refractivity contribution is 14.1. The molecule has 2 rings (SSSR count). The molecule has 8 heteroatoms. The molecule has 19 heavy (non-hydrogen) atoms. The molecule has 0 bridgehead atoms. The van der Waals surface area contributed by atoms with Crippen molar-refractivity contribution < 1.29 is 14.7 Å². The summed E-state index contributed by atoms with van der Waals surface area (Å²) in [5.74, 6) is -1.48. The number of benzene rings is 1. The van der Waals surface area contributed by atoms with Crippen molar-refractivity contribution in [1.29, 1.82) is 0 Å². The molecule has 2 N–H and O–H groups in total. The van der Waals surface area contributed by atoms with Crippen LogP contribution in [-0.4, -0.2) is 32.0 Å². The number of carbonyl (C=O) groups is 2. The lowest BCUT2D eigenvalue weighted by molar-refractivity contribution is -0.116. The largest absolute Gasteiger partial charge is 0.476 e. The van der Waals surface area contributed by atoms with E-state index in [9.17, 15) is 9.59 Å². The molecule has 2 aromatic rings. The first-order chi connectivity index (χ1) is 9.04. The number of hydrogen-bond acceptors (Lipinski definition) is 4. The minimum Gasteiger partial charge on any atom is -0.476 e. The summed E-state index contributed by atoms with van der Waals surface area (Å²) in [6.45, 7) is -0.0915. The molecule has 98 valence electrons. The lowest BCUT2D eigenvalue weighted by Gasteiger charge is -2.05. The third-order valence-corrected chi connectivity index (χ3v) is 2.84. The van der Waals surface area contributed by atoms with E-state index in [0.717, 1.165) is 3.57 Å². The molecular weight excluding hydrogens is 363 g/mol. The quantitative estimate of drug-likeness (QED) is 0.787. The lowest BCUT2D eigenvalue weighted by Crippen LogP contribution is -2.19. The van der Waals surface area contributed by atoms with Crippen molar-refractivity contribution in [3.05, 3.63) is 39.7 Å². The normalized spacial score (nSPS) is 10.2. The highest BCUT2D eigenvalue weighted by atomic mass is 127. The average Bonchev–Trinajstić information content (AvgIpc) is 2.77. The van der Waals surface area contributed by atoms with Crippen LogP contribution >= 0.6 is 22.6 Å². The molecule has 0 aliphatic rings. The Labute approximate surface area is 121 Å². The van der Waals surface area contributed by atoms with Crippen molar-refractivity contribution in [1.82, 2.24) is 15.0 Å². The number of carbonyl (C=O) groups excluding carboxylic acids is 1. The number of nitrogens with one attached hydrogen (secondary N) is 1.